The van der Waals surface area contributed by atoms with Crippen LogP contribution < -0.4 is 20.1 Å². The molecule has 4 rings (SSSR count). The van der Waals surface area contributed by atoms with Gasteiger partial charge in [0.25, 0.3) is 0 Å². The lowest BCUT2D eigenvalue weighted by Crippen LogP contribution is -2.46. The van der Waals surface area contributed by atoms with Gasteiger partial charge in [0.1, 0.15) is 22.8 Å². The SMILES string of the molecule is COc1ccc(Oc2ccc(CNC(=O)C3(NCc4cccnn4)CC3)nc2)c(C(F)(F)F)c1. The lowest BCUT2D eigenvalue weighted by atomic mass is 10.2. The maximum absolute atomic E-state index is 13.4. The Morgan fingerprint density at radius 3 is 2.50 bits per heavy atom. The molecule has 8 nitrogen and oxygen atoms in total. The van der Waals surface area contributed by atoms with Crippen molar-refractivity contribution in [3.63, 3.8) is 0 Å². The standard InChI is InChI=1S/C23H22F3N5O3/c1-33-17-6-7-20(19(11-17)23(24,25)26)34-18-5-4-15(27-14-18)12-28-21(32)22(8-9-22)29-13-16-3-2-10-30-31-16/h2-7,10-11,14,29H,8-9,12-13H2,1H3,(H,28,32). The van der Waals surface area contributed by atoms with E-state index in [4.69, 9.17) is 9.47 Å². The summed E-state index contributed by atoms with van der Waals surface area (Å²) < 4.78 is 50.4. The highest BCUT2D eigenvalue weighted by Crippen LogP contribution is 2.40. The summed E-state index contributed by atoms with van der Waals surface area (Å²) in [5.41, 5.74) is -0.310. The minimum atomic E-state index is -4.61. The van der Waals surface area contributed by atoms with Crippen LogP contribution in [0.25, 0.3) is 0 Å². The van der Waals surface area contributed by atoms with Crippen LogP contribution in [0.5, 0.6) is 17.2 Å². The second-order valence-electron chi connectivity index (χ2n) is 7.78. The Morgan fingerprint density at radius 1 is 1.09 bits per heavy atom. The van der Waals surface area contributed by atoms with Gasteiger partial charge in [0, 0.05) is 12.7 Å². The number of nitrogens with one attached hydrogen (secondary N) is 2. The molecule has 0 unspecified atom stereocenters. The van der Waals surface area contributed by atoms with Crippen LogP contribution in [-0.4, -0.2) is 33.7 Å². The Morgan fingerprint density at radius 2 is 1.88 bits per heavy atom. The van der Waals surface area contributed by atoms with Gasteiger partial charge >= 0.3 is 6.18 Å². The van der Waals surface area contributed by atoms with Gasteiger partial charge in [-0.05, 0) is 55.3 Å². The number of carbonyl (C=O) groups excluding carboxylic acids is 1. The van der Waals surface area contributed by atoms with E-state index in [1.165, 1.54) is 31.5 Å². The van der Waals surface area contributed by atoms with Crippen LogP contribution in [0, 0.1) is 0 Å². The van der Waals surface area contributed by atoms with Crippen molar-refractivity contribution < 1.29 is 27.4 Å². The lowest BCUT2D eigenvalue weighted by Gasteiger charge is -2.17. The molecule has 2 heterocycles. The van der Waals surface area contributed by atoms with Crippen LogP contribution in [0.1, 0.15) is 29.8 Å². The Balaban J connectivity index is 1.33. The average molecular weight is 473 g/mol. The van der Waals surface area contributed by atoms with Gasteiger partial charge in [-0.15, -0.1) is 0 Å². The Kier molecular flexibility index (Phi) is 6.64. The Bertz CT molecular complexity index is 1140. The van der Waals surface area contributed by atoms with E-state index in [-0.39, 0.29) is 29.7 Å². The summed E-state index contributed by atoms with van der Waals surface area (Å²) in [6, 6.07) is 10.1. The van der Waals surface area contributed by atoms with Gasteiger partial charge < -0.3 is 14.8 Å². The van der Waals surface area contributed by atoms with Crippen LogP contribution in [0.4, 0.5) is 13.2 Å². The number of methoxy groups -OCH3 is 1. The van der Waals surface area contributed by atoms with Crippen molar-refractivity contribution in [2.24, 2.45) is 0 Å². The van der Waals surface area contributed by atoms with E-state index in [0.29, 0.717) is 25.1 Å². The van der Waals surface area contributed by atoms with Crippen molar-refractivity contribution >= 4 is 5.91 Å². The summed E-state index contributed by atoms with van der Waals surface area (Å²) in [6.45, 7) is 0.598. The molecule has 2 aromatic heterocycles. The second kappa shape index (κ2) is 9.64. The molecule has 0 saturated heterocycles. The highest BCUT2D eigenvalue weighted by Gasteiger charge is 2.49. The molecule has 11 heteroatoms. The number of ether oxygens (including phenoxy) is 2. The molecule has 178 valence electrons. The van der Waals surface area contributed by atoms with E-state index in [1.807, 2.05) is 6.07 Å². The second-order valence-corrected chi connectivity index (χ2v) is 7.78. The molecule has 0 spiro atoms. The van der Waals surface area contributed by atoms with Crippen LogP contribution in [0.3, 0.4) is 0 Å². The number of pyridine rings is 1. The molecular formula is C23H22F3N5O3. The molecule has 0 atom stereocenters. The fraction of sp³-hybridized carbons (Fsp3) is 0.304. The van der Waals surface area contributed by atoms with Crippen molar-refractivity contribution in [1.82, 2.24) is 25.8 Å². The predicted octanol–water partition coefficient (Wildman–Crippen LogP) is 3.63. The predicted molar refractivity (Wildman–Crippen MR) is 115 cm³/mol. The summed E-state index contributed by atoms with van der Waals surface area (Å²) in [5.74, 6) is -0.300. The molecule has 1 amide bonds. The zero-order valence-corrected chi connectivity index (χ0v) is 18.2. The van der Waals surface area contributed by atoms with Crippen LogP contribution in [0.2, 0.25) is 0 Å². The maximum atomic E-state index is 13.4. The molecule has 1 aliphatic carbocycles. The lowest BCUT2D eigenvalue weighted by molar-refractivity contribution is -0.138. The van der Waals surface area contributed by atoms with Gasteiger partial charge in [-0.3, -0.25) is 15.1 Å². The third-order valence-electron chi connectivity index (χ3n) is 5.37. The smallest absolute Gasteiger partial charge is 0.420 e. The maximum Gasteiger partial charge on any atom is 0.420 e. The van der Waals surface area contributed by atoms with Crippen molar-refractivity contribution in [1.29, 1.82) is 0 Å². The van der Waals surface area contributed by atoms with Gasteiger partial charge in [0.05, 0.1) is 36.8 Å². The summed E-state index contributed by atoms with van der Waals surface area (Å²) in [5, 5.41) is 13.9. The summed E-state index contributed by atoms with van der Waals surface area (Å²) in [4.78, 5) is 16.8. The molecule has 0 radical (unpaired) electrons. The molecule has 1 saturated carbocycles. The van der Waals surface area contributed by atoms with Gasteiger partial charge in [0.2, 0.25) is 5.91 Å². The molecule has 0 aliphatic heterocycles. The Labute approximate surface area is 193 Å². The van der Waals surface area contributed by atoms with Crippen LogP contribution in [0.15, 0.2) is 54.9 Å². The number of nitrogens with zero attached hydrogens (tertiary/aromatic N) is 3. The van der Waals surface area contributed by atoms with Crippen molar-refractivity contribution in [2.45, 2.75) is 37.6 Å². The van der Waals surface area contributed by atoms with Gasteiger partial charge in [-0.25, -0.2) is 0 Å². The van der Waals surface area contributed by atoms with E-state index >= 15 is 0 Å². The van der Waals surface area contributed by atoms with Crippen molar-refractivity contribution in [3.8, 4) is 17.2 Å². The summed E-state index contributed by atoms with van der Waals surface area (Å²) in [6.07, 6.45) is -0.295. The topological polar surface area (TPSA) is 98.3 Å². The number of rotatable bonds is 9. The molecule has 0 bridgehead atoms. The van der Waals surface area contributed by atoms with Crippen molar-refractivity contribution in [2.75, 3.05) is 7.11 Å². The highest BCUT2D eigenvalue weighted by atomic mass is 19.4. The monoisotopic (exact) mass is 473 g/mol. The minimum absolute atomic E-state index is 0.0727. The van der Waals surface area contributed by atoms with E-state index < -0.39 is 17.3 Å². The van der Waals surface area contributed by atoms with E-state index in [1.54, 1.807) is 18.3 Å². The molecule has 1 fully saturated rings. The molecule has 3 aromatic rings. The molecule has 34 heavy (non-hydrogen) atoms. The van der Waals surface area contributed by atoms with Gasteiger partial charge in [-0.1, -0.05) is 0 Å². The number of alkyl halides is 3. The number of halogens is 3. The fourth-order valence-corrected chi connectivity index (χ4v) is 3.29. The summed E-state index contributed by atoms with van der Waals surface area (Å²) in [7, 11) is 1.29. The van der Waals surface area contributed by atoms with Gasteiger partial charge in [0.15, 0.2) is 0 Å². The fourth-order valence-electron chi connectivity index (χ4n) is 3.29. The van der Waals surface area contributed by atoms with E-state index in [9.17, 15) is 18.0 Å². The normalized spacial score (nSPS) is 14.4. The number of amides is 1. The third kappa shape index (κ3) is 5.60. The number of aromatic nitrogens is 3. The zero-order valence-electron chi connectivity index (χ0n) is 18.2. The molecule has 1 aliphatic rings. The Hall–Kier alpha value is -3.73. The third-order valence-corrected chi connectivity index (χ3v) is 5.37. The highest BCUT2D eigenvalue weighted by molar-refractivity contribution is 5.89. The van der Waals surface area contributed by atoms with Crippen LogP contribution >= 0.6 is 0 Å². The first-order chi connectivity index (χ1) is 16.3. The van der Waals surface area contributed by atoms with Gasteiger partial charge in [-0.2, -0.15) is 23.4 Å². The first-order valence-corrected chi connectivity index (χ1v) is 10.5. The minimum Gasteiger partial charge on any atom is -0.497 e. The van der Waals surface area contributed by atoms with E-state index in [0.717, 1.165) is 11.8 Å². The molecular weight excluding hydrogens is 451 g/mol. The quantitative estimate of drug-likeness (QED) is 0.490. The number of hydrogen-bond donors (Lipinski definition) is 2. The van der Waals surface area contributed by atoms with Crippen LogP contribution in [-0.2, 0) is 24.1 Å². The molecule has 2 N–H and O–H groups in total. The first-order valence-electron chi connectivity index (χ1n) is 10.5. The number of hydrogen-bond acceptors (Lipinski definition) is 7. The largest absolute Gasteiger partial charge is 0.497 e. The van der Waals surface area contributed by atoms with Crippen molar-refractivity contribution in [3.05, 3.63) is 71.8 Å². The van der Waals surface area contributed by atoms with E-state index in [2.05, 4.69) is 25.8 Å². The number of carbonyl (C=O) groups is 1. The zero-order chi connectivity index (χ0) is 24.2. The molecule has 1 aromatic carbocycles. The number of benzene rings is 1. The summed E-state index contributed by atoms with van der Waals surface area (Å²) >= 11 is 0. The average Bonchev–Trinajstić information content (AvgIpc) is 3.64. The first kappa shape index (κ1) is 23.4.